The first-order valence-electron chi connectivity index (χ1n) is 17.9. The number of aromatic nitrogens is 2. The summed E-state index contributed by atoms with van der Waals surface area (Å²) in [4.78, 5) is 5.08. The topological polar surface area (TPSA) is 17.8 Å². The summed E-state index contributed by atoms with van der Waals surface area (Å²) in [6, 6.07) is 33.0. The Morgan fingerprint density at radius 2 is 1.07 bits per heavy atom. The maximum absolute atomic E-state index is 5.08. The highest BCUT2D eigenvalue weighted by Gasteiger charge is 2.39. The maximum Gasteiger partial charge on any atom is 0.117 e. The van der Waals surface area contributed by atoms with E-state index >= 15 is 0 Å². The first kappa shape index (κ1) is 33.8. The van der Waals surface area contributed by atoms with Crippen LogP contribution in [0.1, 0.15) is 139 Å². The number of imidazole rings is 1. The molecule has 2 atom stereocenters. The van der Waals surface area contributed by atoms with Crippen LogP contribution in [-0.2, 0) is 11.8 Å². The second kappa shape index (κ2) is 19.3. The number of hydrogen-bond donors (Lipinski definition) is 0. The Kier molecular flexibility index (Phi) is 14.8. The number of para-hydroxylation sites is 1. The normalized spacial score (nSPS) is 13.5. The summed E-state index contributed by atoms with van der Waals surface area (Å²) in [6.07, 6.45) is 27.2. The molecule has 44 heavy (non-hydrogen) atoms. The first-order chi connectivity index (χ1) is 21.7. The molecule has 2 heteroatoms. The summed E-state index contributed by atoms with van der Waals surface area (Å²) in [5, 5.41) is 0. The van der Waals surface area contributed by atoms with Crippen molar-refractivity contribution in [3.8, 4) is 5.69 Å². The van der Waals surface area contributed by atoms with Crippen LogP contribution in [0.2, 0.25) is 0 Å². The summed E-state index contributed by atoms with van der Waals surface area (Å²) >= 11 is 0. The molecule has 0 amide bonds. The van der Waals surface area contributed by atoms with Crippen molar-refractivity contribution in [3.05, 3.63) is 120 Å². The molecule has 236 valence electrons. The number of unbranched alkanes of at least 4 members (excludes halogenated alkanes) is 14. The van der Waals surface area contributed by atoms with Crippen molar-refractivity contribution < 1.29 is 0 Å². The lowest BCUT2D eigenvalue weighted by molar-refractivity contribution is 0.328. The van der Waals surface area contributed by atoms with Gasteiger partial charge in [0.1, 0.15) is 5.82 Å². The quantitative estimate of drug-likeness (QED) is 0.0832. The highest BCUT2D eigenvalue weighted by molar-refractivity contribution is 5.37. The summed E-state index contributed by atoms with van der Waals surface area (Å²) in [7, 11) is 0. The first-order valence-corrected chi connectivity index (χ1v) is 17.9. The van der Waals surface area contributed by atoms with Gasteiger partial charge in [0.2, 0.25) is 0 Å². The van der Waals surface area contributed by atoms with Crippen LogP contribution in [0.25, 0.3) is 5.69 Å². The second-order valence-corrected chi connectivity index (χ2v) is 13.2. The van der Waals surface area contributed by atoms with Gasteiger partial charge in [-0.05, 0) is 36.1 Å². The molecule has 0 N–H and O–H groups in total. The van der Waals surface area contributed by atoms with E-state index in [0.29, 0.717) is 5.92 Å². The molecule has 0 spiro atoms. The van der Waals surface area contributed by atoms with Crippen LogP contribution in [0.5, 0.6) is 0 Å². The van der Waals surface area contributed by atoms with Crippen molar-refractivity contribution in [2.45, 2.75) is 134 Å². The van der Waals surface area contributed by atoms with Gasteiger partial charge in [0.25, 0.3) is 0 Å². The lowest BCUT2D eigenvalue weighted by Crippen LogP contribution is -2.35. The Hall–Kier alpha value is -3.13. The largest absolute Gasteiger partial charge is 0.304 e. The average molecular weight is 591 g/mol. The Balaban J connectivity index is 1.37. The standard InChI is InChI=1S/C42H58N2/c1-3-4-5-6-7-8-9-10-11-12-13-14-15-16-26-33-40(41-43-34-35-44(41)39-31-24-19-25-32-39)42(2,38-29-22-18-23-30-38)36-37-27-20-17-21-28-37/h17-25,27-32,34-35,40H,3-16,26,33,36H2,1-2H3. The minimum absolute atomic E-state index is 0.0868. The fourth-order valence-electron chi connectivity index (χ4n) is 7.10. The summed E-state index contributed by atoms with van der Waals surface area (Å²) in [5.41, 5.74) is 3.89. The fraction of sp³-hybridized carbons (Fsp3) is 0.500. The molecule has 2 unspecified atom stereocenters. The molecule has 1 heterocycles. The molecule has 2 nitrogen and oxygen atoms in total. The summed E-state index contributed by atoms with van der Waals surface area (Å²) in [5.74, 6) is 1.48. The molecule has 0 aliphatic heterocycles. The third kappa shape index (κ3) is 10.5. The van der Waals surface area contributed by atoms with Crippen molar-refractivity contribution >= 4 is 0 Å². The minimum atomic E-state index is -0.0868. The van der Waals surface area contributed by atoms with Crippen LogP contribution in [0.3, 0.4) is 0 Å². The average Bonchev–Trinajstić information content (AvgIpc) is 3.55. The van der Waals surface area contributed by atoms with Gasteiger partial charge in [-0.15, -0.1) is 0 Å². The predicted molar refractivity (Wildman–Crippen MR) is 190 cm³/mol. The van der Waals surface area contributed by atoms with Gasteiger partial charge in [0.15, 0.2) is 0 Å². The second-order valence-electron chi connectivity index (χ2n) is 13.2. The Morgan fingerprint density at radius 3 is 1.61 bits per heavy atom. The van der Waals surface area contributed by atoms with E-state index in [1.807, 2.05) is 6.20 Å². The van der Waals surface area contributed by atoms with E-state index in [4.69, 9.17) is 4.98 Å². The molecule has 0 aliphatic rings. The van der Waals surface area contributed by atoms with Crippen molar-refractivity contribution in [2.24, 2.45) is 0 Å². The Morgan fingerprint density at radius 1 is 0.591 bits per heavy atom. The van der Waals surface area contributed by atoms with Crippen LogP contribution in [0.4, 0.5) is 0 Å². The lowest BCUT2D eigenvalue weighted by Gasteiger charge is -2.39. The van der Waals surface area contributed by atoms with Gasteiger partial charge in [-0.3, -0.25) is 0 Å². The van der Waals surface area contributed by atoms with Gasteiger partial charge in [0, 0.05) is 29.4 Å². The van der Waals surface area contributed by atoms with E-state index in [-0.39, 0.29) is 5.41 Å². The molecule has 0 fully saturated rings. The number of rotatable bonds is 22. The zero-order chi connectivity index (χ0) is 30.7. The lowest BCUT2D eigenvalue weighted by atomic mass is 9.66. The van der Waals surface area contributed by atoms with Crippen LogP contribution >= 0.6 is 0 Å². The number of hydrogen-bond acceptors (Lipinski definition) is 1. The van der Waals surface area contributed by atoms with Gasteiger partial charge < -0.3 is 4.57 Å². The summed E-state index contributed by atoms with van der Waals surface area (Å²) in [6.45, 7) is 4.78. The molecule has 0 aliphatic carbocycles. The van der Waals surface area contributed by atoms with E-state index < -0.39 is 0 Å². The highest BCUT2D eigenvalue weighted by atomic mass is 15.1. The minimum Gasteiger partial charge on any atom is -0.304 e. The fourth-order valence-corrected chi connectivity index (χ4v) is 7.10. The van der Waals surface area contributed by atoms with Crippen LogP contribution < -0.4 is 0 Å². The molecular formula is C42H58N2. The molecule has 0 saturated carbocycles. The van der Waals surface area contributed by atoms with Gasteiger partial charge in [-0.25, -0.2) is 4.98 Å². The molecule has 0 saturated heterocycles. The monoisotopic (exact) mass is 590 g/mol. The van der Waals surface area contributed by atoms with Crippen LogP contribution in [0.15, 0.2) is 103 Å². The Bertz CT molecular complexity index is 1260. The Labute approximate surface area is 269 Å². The van der Waals surface area contributed by atoms with Crippen LogP contribution in [0, 0.1) is 0 Å². The summed E-state index contributed by atoms with van der Waals surface area (Å²) < 4.78 is 2.34. The van der Waals surface area contributed by atoms with E-state index in [9.17, 15) is 0 Å². The molecular weight excluding hydrogens is 532 g/mol. The van der Waals surface area contributed by atoms with E-state index in [2.05, 4.69) is 116 Å². The van der Waals surface area contributed by atoms with Crippen molar-refractivity contribution in [2.75, 3.05) is 0 Å². The van der Waals surface area contributed by atoms with Crippen LogP contribution in [-0.4, -0.2) is 9.55 Å². The van der Waals surface area contributed by atoms with Gasteiger partial charge in [0.05, 0.1) is 0 Å². The van der Waals surface area contributed by atoms with Gasteiger partial charge in [-0.2, -0.15) is 0 Å². The molecule has 0 radical (unpaired) electrons. The molecule has 3 aromatic carbocycles. The van der Waals surface area contributed by atoms with E-state index in [0.717, 1.165) is 12.8 Å². The maximum atomic E-state index is 5.08. The van der Waals surface area contributed by atoms with Gasteiger partial charge >= 0.3 is 0 Å². The van der Waals surface area contributed by atoms with E-state index in [1.54, 1.807) is 0 Å². The molecule has 0 bridgehead atoms. The molecule has 4 rings (SSSR count). The third-order valence-electron chi connectivity index (χ3n) is 9.73. The molecule has 4 aromatic rings. The predicted octanol–water partition coefficient (Wildman–Crippen LogP) is 12.4. The zero-order valence-corrected chi connectivity index (χ0v) is 27.8. The smallest absolute Gasteiger partial charge is 0.117 e. The van der Waals surface area contributed by atoms with Crippen molar-refractivity contribution in [3.63, 3.8) is 0 Å². The third-order valence-corrected chi connectivity index (χ3v) is 9.73. The number of nitrogens with zero attached hydrogens (tertiary/aromatic N) is 2. The van der Waals surface area contributed by atoms with Gasteiger partial charge in [-0.1, -0.05) is 189 Å². The molecule has 1 aromatic heterocycles. The van der Waals surface area contributed by atoms with Crippen molar-refractivity contribution in [1.82, 2.24) is 9.55 Å². The zero-order valence-electron chi connectivity index (χ0n) is 27.8. The van der Waals surface area contributed by atoms with Crippen molar-refractivity contribution in [1.29, 1.82) is 0 Å². The highest BCUT2D eigenvalue weighted by Crippen LogP contribution is 2.44. The SMILES string of the molecule is CCCCCCCCCCCCCCCCCC(c1nccn1-c1ccccc1)C(C)(Cc1ccccc1)c1ccccc1. The number of benzene rings is 3. The van der Waals surface area contributed by atoms with E-state index in [1.165, 1.54) is 119 Å².